The van der Waals surface area contributed by atoms with Crippen LogP contribution in [0.25, 0.3) is 0 Å². The smallest absolute Gasteiger partial charge is 0.119 e. The SMILES string of the molecule is CNCc1ccc(OCc2ccc(C(C)(C)C)cc2)cc1. The van der Waals surface area contributed by atoms with Gasteiger partial charge in [-0.1, -0.05) is 57.2 Å². The van der Waals surface area contributed by atoms with Crippen LogP contribution in [0.5, 0.6) is 5.75 Å². The van der Waals surface area contributed by atoms with Crippen molar-refractivity contribution in [3.05, 3.63) is 65.2 Å². The van der Waals surface area contributed by atoms with Crippen molar-refractivity contribution in [1.29, 1.82) is 0 Å². The van der Waals surface area contributed by atoms with Gasteiger partial charge in [-0.2, -0.15) is 0 Å². The lowest BCUT2D eigenvalue weighted by Gasteiger charge is -2.19. The molecule has 0 atom stereocenters. The molecule has 2 rings (SSSR count). The van der Waals surface area contributed by atoms with E-state index < -0.39 is 0 Å². The van der Waals surface area contributed by atoms with Crippen LogP contribution in [-0.4, -0.2) is 7.05 Å². The zero-order chi connectivity index (χ0) is 15.3. The third kappa shape index (κ3) is 4.61. The minimum atomic E-state index is 0.197. The molecule has 2 heteroatoms. The quantitative estimate of drug-likeness (QED) is 0.884. The van der Waals surface area contributed by atoms with E-state index >= 15 is 0 Å². The minimum absolute atomic E-state index is 0.197. The number of ether oxygens (including phenoxy) is 1. The summed E-state index contributed by atoms with van der Waals surface area (Å²) in [5.41, 5.74) is 4.01. The van der Waals surface area contributed by atoms with Crippen LogP contribution >= 0.6 is 0 Å². The van der Waals surface area contributed by atoms with E-state index in [1.54, 1.807) is 0 Å². The Bertz CT molecular complexity index is 550. The van der Waals surface area contributed by atoms with Crippen molar-refractivity contribution in [1.82, 2.24) is 5.32 Å². The molecule has 112 valence electrons. The third-order valence-electron chi connectivity index (χ3n) is 3.53. The van der Waals surface area contributed by atoms with Gasteiger partial charge >= 0.3 is 0 Å². The number of nitrogens with one attached hydrogen (secondary N) is 1. The second-order valence-corrected chi connectivity index (χ2v) is 6.41. The zero-order valence-electron chi connectivity index (χ0n) is 13.4. The van der Waals surface area contributed by atoms with E-state index in [1.807, 2.05) is 19.2 Å². The van der Waals surface area contributed by atoms with Crippen molar-refractivity contribution in [2.75, 3.05) is 7.05 Å². The zero-order valence-corrected chi connectivity index (χ0v) is 13.4. The van der Waals surface area contributed by atoms with Crippen molar-refractivity contribution in [3.8, 4) is 5.75 Å². The van der Waals surface area contributed by atoms with Crippen LogP contribution in [-0.2, 0) is 18.6 Å². The average Bonchev–Trinajstić information content (AvgIpc) is 2.46. The predicted molar refractivity (Wildman–Crippen MR) is 88.7 cm³/mol. The first-order valence-electron chi connectivity index (χ1n) is 7.45. The molecule has 0 aromatic heterocycles. The van der Waals surface area contributed by atoms with Gasteiger partial charge in [0.1, 0.15) is 12.4 Å². The van der Waals surface area contributed by atoms with Gasteiger partial charge in [-0.05, 0) is 41.3 Å². The van der Waals surface area contributed by atoms with E-state index in [9.17, 15) is 0 Å². The van der Waals surface area contributed by atoms with Crippen LogP contribution in [0.3, 0.4) is 0 Å². The van der Waals surface area contributed by atoms with Gasteiger partial charge in [-0.3, -0.25) is 0 Å². The molecule has 2 aromatic rings. The highest BCUT2D eigenvalue weighted by molar-refractivity contribution is 5.29. The Hall–Kier alpha value is -1.80. The highest BCUT2D eigenvalue weighted by atomic mass is 16.5. The van der Waals surface area contributed by atoms with Gasteiger partial charge < -0.3 is 10.1 Å². The van der Waals surface area contributed by atoms with E-state index in [-0.39, 0.29) is 5.41 Å². The molecule has 2 nitrogen and oxygen atoms in total. The Morgan fingerprint density at radius 1 is 0.857 bits per heavy atom. The van der Waals surface area contributed by atoms with Gasteiger partial charge in [-0.15, -0.1) is 0 Å². The maximum absolute atomic E-state index is 5.83. The number of hydrogen-bond donors (Lipinski definition) is 1. The molecular weight excluding hydrogens is 258 g/mol. The van der Waals surface area contributed by atoms with Crippen LogP contribution in [0.2, 0.25) is 0 Å². The molecule has 0 amide bonds. The maximum Gasteiger partial charge on any atom is 0.119 e. The van der Waals surface area contributed by atoms with Gasteiger partial charge in [0.05, 0.1) is 0 Å². The van der Waals surface area contributed by atoms with Crippen molar-refractivity contribution < 1.29 is 4.74 Å². The second-order valence-electron chi connectivity index (χ2n) is 6.41. The van der Waals surface area contributed by atoms with E-state index in [0.717, 1.165) is 12.3 Å². The Labute approximate surface area is 128 Å². The molecule has 0 spiro atoms. The van der Waals surface area contributed by atoms with Crippen LogP contribution in [0, 0.1) is 0 Å². The van der Waals surface area contributed by atoms with Crippen molar-refractivity contribution >= 4 is 0 Å². The summed E-state index contributed by atoms with van der Waals surface area (Å²) in [7, 11) is 1.95. The Kier molecular flexibility index (Phi) is 5.03. The molecule has 2 aromatic carbocycles. The molecule has 0 heterocycles. The molecule has 0 bridgehead atoms. The van der Waals surface area contributed by atoms with Crippen molar-refractivity contribution in [3.63, 3.8) is 0 Å². The molecule has 0 saturated heterocycles. The first-order valence-corrected chi connectivity index (χ1v) is 7.45. The molecule has 0 aliphatic carbocycles. The second kappa shape index (κ2) is 6.77. The fourth-order valence-electron chi connectivity index (χ4n) is 2.18. The molecule has 0 aliphatic rings. The van der Waals surface area contributed by atoms with Gasteiger partial charge in [0.25, 0.3) is 0 Å². The Morgan fingerprint density at radius 3 is 1.95 bits per heavy atom. The molecular formula is C19H25NO. The summed E-state index contributed by atoms with van der Waals surface area (Å²) < 4.78 is 5.83. The topological polar surface area (TPSA) is 21.3 Å². The molecule has 0 fully saturated rings. The normalized spacial score (nSPS) is 11.4. The summed E-state index contributed by atoms with van der Waals surface area (Å²) in [6.45, 7) is 8.17. The summed E-state index contributed by atoms with van der Waals surface area (Å²) in [4.78, 5) is 0. The number of rotatable bonds is 5. The molecule has 0 saturated carbocycles. The van der Waals surface area contributed by atoms with Crippen LogP contribution < -0.4 is 10.1 Å². The average molecular weight is 283 g/mol. The predicted octanol–water partition coefficient (Wildman–Crippen LogP) is 4.28. The summed E-state index contributed by atoms with van der Waals surface area (Å²) in [5, 5.41) is 3.14. The van der Waals surface area contributed by atoms with Crippen LogP contribution in [0.1, 0.15) is 37.5 Å². The van der Waals surface area contributed by atoms with Gasteiger partial charge in [0.15, 0.2) is 0 Å². The highest BCUT2D eigenvalue weighted by Crippen LogP contribution is 2.22. The van der Waals surface area contributed by atoms with Crippen molar-refractivity contribution in [2.45, 2.75) is 39.3 Å². The Morgan fingerprint density at radius 2 is 1.43 bits per heavy atom. The lowest BCUT2D eigenvalue weighted by Crippen LogP contribution is -2.10. The van der Waals surface area contributed by atoms with Crippen LogP contribution in [0.4, 0.5) is 0 Å². The highest BCUT2D eigenvalue weighted by Gasteiger charge is 2.12. The summed E-state index contributed by atoms with van der Waals surface area (Å²) in [5.74, 6) is 0.912. The lowest BCUT2D eigenvalue weighted by atomic mass is 9.87. The summed E-state index contributed by atoms with van der Waals surface area (Å²) >= 11 is 0. The molecule has 21 heavy (non-hydrogen) atoms. The number of benzene rings is 2. The molecule has 0 radical (unpaired) electrons. The molecule has 1 N–H and O–H groups in total. The first-order chi connectivity index (χ1) is 9.99. The first kappa shape index (κ1) is 15.6. The monoisotopic (exact) mass is 283 g/mol. The largest absolute Gasteiger partial charge is 0.489 e. The van der Waals surface area contributed by atoms with Gasteiger partial charge in [0.2, 0.25) is 0 Å². The number of hydrogen-bond acceptors (Lipinski definition) is 2. The minimum Gasteiger partial charge on any atom is -0.489 e. The standard InChI is InChI=1S/C19H25NO/c1-19(2,3)17-9-5-16(6-10-17)14-21-18-11-7-15(8-12-18)13-20-4/h5-12,20H,13-14H2,1-4H3. The van der Waals surface area contributed by atoms with Crippen LogP contribution in [0.15, 0.2) is 48.5 Å². The van der Waals surface area contributed by atoms with Crippen molar-refractivity contribution in [2.24, 2.45) is 0 Å². The summed E-state index contributed by atoms with van der Waals surface area (Å²) in [6, 6.07) is 16.9. The maximum atomic E-state index is 5.83. The van der Waals surface area contributed by atoms with E-state index in [4.69, 9.17) is 4.74 Å². The van der Waals surface area contributed by atoms with Gasteiger partial charge in [-0.25, -0.2) is 0 Å². The van der Waals surface area contributed by atoms with Gasteiger partial charge in [0, 0.05) is 6.54 Å². The lowest BCUT2D eigenvalue weighted by molar-refractivity contribution is 0.306. The van der Waals surface area contributed by atoms with E-state index in [0.29, 0.717) is 6.61 Å². The Balaban J connectivity index is 1.93. The fraction of sp³-hybridized carbons (Fsp3) is 0.368. The fourth-order valence-corrected chi connectivity index (χ4v) is 2.18. The summed E-state index contributed by atoms with van der Waals surface area (Å²) in [6.07, 6.45) is 0. The van der Waals surface area contributed by atoms with E-state index in [2.05, 4.69) is 62.5 Å². The molecule has 0 unspecified atom stereocenters. The molecule has 0 aliphatic heterocycles. The van der Waals surface area contributed by atoms with E-state index in [1.165, 1.54) is 16.7 Å². The third-order valence-corrected chi connectivity index (χ3v) is 3.53.